The second-order valence-electron chi connectivity index (χ2n) is 6.46. The minimum Gasteiger partial charge on any atom is -0.456 e. The Bertz CT molecular complexity index is 1260. The molecule has 9 heteroatoms. The van der Waals surface area contributed by atoms with E-state index in [1.54, 1.807) is 0 Å². The van der Waals surface area contributed by atoms with E-state index in [1.807, 2.05) is 13.8 Å². The zero-order chi connectivity index (χ0) is 17.7. The largest absolute Gasteiger partial charge is 0.456 e. The van der Waals surface area contributed by atoms with E-state index in [0.717, 1.165) is 49.4 Å². The van der Waals surface area contributed by atoms with Crippen LogP contribution in [-0.4, -0.2) is 0 Å². The maximum atomic E-state index is 6.15. The Balaban J connectivity index is -0.000000174. The van der Waals surface area contributed by atoms with E-state index in [0.29, 0.717) is 0 Å². The Hall–Kier alpha value is 4.99. The smallest absolute Gasteiger partial charge is 0.138 e. The molecule has 0 unspecified atom stereocenters. The third kappa shape index (κ3) is 10.7. The summed E-state index contributed by atoms with van der Waals surface area (Å²) >= 11 is 0. The van der Waals surface area contributed by atoms with Crippen molar-refractivity contribution in [3.8, 4) is 0 Å². The first kappa shape index (κ1) is 51.7. The van der Waals surface area contributed by atoms with Crippen molar-refractivity contribution in [1.82, 2.24) is 0 Å². The van der Waals surface area contributed by atoms with Crippen molar-refractivity contribution >= 4 is 43.9 Å². The summed E-state index contributed by atoms with van der Waals surface area (Å²) < 4.78 is 12.3. The summed E-state index contributed by atoms with van der Waals surface area (Å²) in [6.45, 7) is 10.3. The summed E-state index contributed by atoms with van der Waals surface area (Å²) in [6, 6.07) is 14.8. The van der Waals surface area contributed by atoms with Gasteiger partial charge in [-0.05, 0) is 55.7 Å². The predicted molar refractivity (Wildman–Crippen MR) is 119 cm³/mol. The number of benzene rings is 3. The Labute approximate surface area is 381 Å². The van der Waals surface area contributed by atoms with Crippen LogP contribution in [0.5, 0.6) is 0 Å². The average molecular weight is 983 g/mol. The van der Waals surface area contributed by atoms with Gasteiger partial charge in [0, 0.05) is 251 Å². The van der Waals surface area contributed by atoms with Crippen LogP contribution >= 0.6 is 0 Å². The first-order valence-electron chi connectivity index (χ1n) is 8.87. The molecule has 7 radical (unpaired) electrons. The Morgan fingerprint density at radius 3 is 1.44 bits per heavy atom. The quantitative estimate of drug-likeness (QED) is 0.146. The molecular weight excluding hydrogens is 955 g/mol. The molecule has 0 fully saturated rings. The van der Waals surface area contributed by atoms with E-state index in [-0.39, 0.29) is 244 Å². The van der Waals surface area contributed by atoms with Crippen LogP contribution in [0.3, 0.4) is 0 Å². The van der Waals surface area contributed by atoms with Crippen molar-refractivity contribution in [3.05, 3.63) is 74.0 Å². The summed E-state index contributed by atoms with van der Waals surface area (Å²) in [5, 5.41) is 4.55. The van der Waals surface area contributed by atoms with Gasteiger partial charge in [0.1, 0.15) is 22.3 Å². The van der Waals surface area contributed by atoms with Crippen molar-refractivity contribution in [3.63, 3.8) is 0 Å². The van der Waals surface area contributed by atoms with E-state index in [9.17, 15) is 0 Å². The number of para-hydroxylation sites is 1. The van der Waals surface area contributed by atoms with Crippen LogP contribution in [-0.2, 0) is 229 Å². The molecule has 5 aromatic rings. The van der Waals surface area contributed by atoms with E-state index in [1.165, 1.54) is 11.1 Å². The number of fused-ring (bicyclic) bond motifs is 6. The molecule has 163 valence electrons. The van der Waals surface area contributed by atoms with Gasteiger partial charge in [-0.2, -0.15) is 0 Å². The second-order valence-corrected chi connectivity index (χ2v) is 6.46. The standard InChI is InChI=1S/C21H16O2.C2H6.2CH3.7Y/c1-11-7-13(3)21-17(8-11)16-10-18-15(9-19(16)23-21)14-6-4-5-12(2)20(14)22-18;1-2;;;;;;;;;/h4-10H,1-3H3;1-2H3;2*1H3;;;;;;;/q;;2*-1;;;;;;;. The van der Waals surface area contributed by atoms with Gasteiger partial charge in [0.25, 0.3) is 0 Å². The first-order chi connectivity index (χ1) is 12.1. The normalized spacial score (nSPS) is 8.38. The molecule has 0 saturated carbocycles. The van der Waals surface area contributed by atoms with Gasteiger partial charge in [-0.3, -0.25) is 0 Å². The van der Waals surface area contributed by atoms with Crippen LogP contribution in [0.4, 0.5) is 0 Å². The van der Waals surface area contributed by atoms with Crippen LogP contribution in [0.15, 0.2) is 51.3 Å². The predicted octanol–water partition coefficient (Wildman–Crippen LogP) is 8.32. The Morgan fingerprint density at radius 1 is 0.500 bits per heavy atom. The first-order valence-corrected chi connectivity index (χ1v) is 8.87. The molecule has 5 rings (SSSR count). The molecule has 2 nitrogen and oxygen atoms in total. The minimum absolute atomic E-state index is 0. The third-order valence-corrected chi connectivity index (χ3v) is 4.72. The number of aryl methyl sites for hydroxylation is 3. The third-order valence-electron chi connectivity index (χ3n) is 4.72. The molecule has 0 atom stereocenters. The SMILES string of the molecule is CC.Cc1cc(C)c2oc3cc4c(cc3c2c1)oc1c(C)cccc14.[CH3-].[CH3-].[Y].[Y].[Y].[Y].[Y].[Y].[Y]. The van der Waals surface area contributed by atoms with Crippen LogP contribution in [0.1, 0.15) is 30.5 Å². The topological polar surface area (TPSA) is 26.3 Å². The fourth-order valence-electron chi connectivity index (χ4n) is 3.66. The molecule has 34 heavy (non-hydrogen) atoms. The van der Waals surface area contributed by atoms with Gasteiger partial charge in [-0.1, -0.05) is 38.1 Å². The number of hydrogen-bond acceptors (Lipinski definition) is 2. The fraction of sp³-hybridized carbons (Fsp3) is 0.200. The summed E-state index contributed by atoms with van der Waals surface area (Å²) in [5.74, 6) is 0. The molecule has 2 aromatic heterocycles. The summed E-state index contributed by atoms with van der Waals surface area (Å²) in [6.07, 6.45) is 0. The second kappa shape index (κ2) is 23.5. The van der Waals surface area contributed by atoms with E-state index < -0.39 is 0 Å². The van der Waals surface area contributed by atoms with Crippen LogP contribution in [0.2, 0.25) is 0 Å². The molecule has 0 saturated heterocycles. The van der Waals surface area contributed by atoms with E-state index in [2.05, 4.69) is 63.2 Å². The molecule has 2 heterocycles. The number of furan rings is 2. The maximum Gasteiger partial charge on any atom is 0.138 e. The van der Waals surface area contributed by atoms with Crippen molar-refractivity contribution in [2.45, 2.75) is 34.6 Å². The van der Waals surface area contributed by atoms with Crippen LogP contribution < -0.4 is 0 Å². The summed E-state index contributed by atoms with van der Waals surface area (Å²) in [7, 11) is 0. The molecular formula is C25H28O2Y7-2. The molecule has 0 aliphatic carbocycles. The zero-order valence-electron chi connectivity index (χ0n) is 21.4. The minimum atomic E-state index is 0. The molecule has 0 spiro atoms. The monoisotopic (exact) mass is 983 g/mol. The van der Waals surface area contributed by atoms with Gasteiger partial charge < -0.3 is 23.7 Å². The van der Waals surface area contributed by atoms with Crippen LogP contribution in [0, 0.1) is 35.6 Å². The average Bonchev–Trinajstić information content (AvgIpc) is 3.14. The molecule has 0 N–H and O–H groups in total. The summed E-state index contributed by atoms with van der Waals surface area (Å²) in [4.78, 5) is 0. The Morgan fingerprint density at radius 2 is 0.941 bits per heavy atom. The molecule has 0 amide bonds. The molecule has 0 aliphatic heterocycles. The van der Waals surface area contributed by atoms with Gasteiger partial charge in [-0.15, -0.1) is 0 Å². The van der Waals surface area contributed by atoms with Crippen molar-refractivity contribution in [1.29, 1.82) is 0 Å². The van der Waals surface area contributed by atoms with Crippen molar-refractivity contribution in [2.75, 3.05) is 0 Å². The van der Waals surface area contributed by atoms with Gasteiger partial charge >= 0.3 is 0 Å². The summed E-state index contributed by atoms with van der Waals surface area (Å²) in [5.41, 5.74) is 7.36. The molecule has 3 aromatic carbocycles. The van der Waals surface area contributed by atoms with Gasteiger partial charge in [-0.25, -0.2) is 0 Å². The molecule has 0 aliphatic rings. The van der Waals surface area contributed by atoms with E-state index in [4.69, 9.17) is 8.83 Å². The molecule has 0 bridgehead atoms. The Kier molecular flexibility index (Phi) is 35.8. The maximum absolute atomic E-state index is 6.15. The number of rotatable bonds is 0. The fourth-order valence-corrected chi connectivity index (χ4v) is 3.66. The van der Waals surface area contributed by atoms with Crippen molar-refractivity contribution in [2.24, 2.45) is 0 Å². The van der Waals surface area contributed by atoms with Gasteiger partial charge in [0.2, 0.25) is 0 Å². The van der Waals surface area contributed by atoms with Gasteiger partial charge in [0.05, 0.1) is 0 Å². The van der Waals surface area contributed by atoms with E-state index >= 15 is 0 Å². The van der Waals surface area contributed by atoms with Crippen molar-refractivity contribution < 1.29 is 238 Å². The van der Waals surface area contributed by atoms with Gasteiger partial charge in [0.15, 0.2) is 0 Å². The zero-order valence-corrected chi connectivity index (χ0v) is 41.3. The number of hydrogen-bond donors (Lipinski definition) is 0. The van der Waals surface area contributed by atoms with Crippen LogP contribution in [0.25, 0.3) is 43.9 Å².